The molecule has 3 heteroatoms. The fraction of sp³-hybridized carbons (Fsp3) is 0.240. The van der Waals surface area contributed by atoms with Crippen molar-refractivity contribution >= 4 is 29.7 Å². The van der Waals surface area contributed by atoms with Crippen molar-refractivity contribution in [2.24, 2.45) is 10.9 Å². The Kier molecular flexibility index (Phi) is 5.88. The molecule has 2 nitrogen and oxygen atoms in total. The second-order valence-electron chi connectivity index (χ2n) is 7.55. The molecular weight excluding hydrogens is 361 g/mol. The second kappa shape index (κ2) is 8.71. The predicted octanol–water partition coefficient (Wildman–Crippen LogP) is 4.64. The summed E-state index contributed by atoms with van der Waals surface area (Å²) in [5, 5.41) is 3.99. The van der Waals surface area contributed by atoms with Gasteiger partial charge in [-0.05, 0) is 42.2 Å². The minimum Gasteiger partial charge on any atom is -0.475 e. The summed E-state index contributed by atoms with van der Waals surface area (Å²) in [5.41, 5.74) is 1.13. The summed E-state index contributed by atoms with van der Waals surface area (Å²) >= 11 is 0. The Morgan fingerprint density at radius 2 is 1.43 bits per heavy atom. The molecule has 0 bridgehead atoms. The van der Waals surface area contributed by atoms with E-state index in [-0.39, 0.29) is 6.04 Å². The largest absolute Gasteiger partial charge is 0.475 e. The maximum Gasteiger partial charge on any atom is 0.217 e. The number of hydrogen-bond acceptors (Lipinski definition) is 2. The lowest BCUT2D eigenvalue weighted by Crippen LogP contribution is -2.25. The van der Waals surface area contributed by atoms with E-state index in [0.717, 1.165) is 17.9 Å². The molecule has 1 unspecified atom stereocenters. The van der Waals surface area contributed by atoms with Crippen LogP contribution in [0.15, 0.2) is 89.9 Å². The van der Waals surface area contributed by atoms with E-state index >= 15 is 0 Å². The van der Waals surface area contributed by atoms with Gasteiger partial charge in [0.25, 0.3) is 0 Å². The summed E-state index contributed by atoms with van der Waals surface area (Å²) in [6, 6.07) is 30.5. The quantitative estimate of drug-likeness (QED) is 0.565. The van der Waals surface area contributed by atoms with Gasteiger partial charge in [-0.3, -0.25) is 0 Å². The van der Waals surface area contributed by atoms with Gasteiger partial charge >= 0.3 is 0 Å². The summed E-state index contributed by atoms with van der Waals surface area (Å²) in [5.74, 6) is 1.43. The lowest BCUT2D eigenvalue weighted by Gasteiger charge is -2.22. The average molecular weight is 387 g/mol. The van der Waals surface area contributed by atoms with Crippen LogP contribution in [0.1, 0.15) is 25.8 Å². The van der Waals surface area contributed by atoms with Crippen LogP contribution in [0.3, 0.4) is 0 Å². The van der Waals surface area contributed by atoms with Crippen LogP contribution < -0.4 is 15.9 Å². The molecule has 0 aliphatic carbocycles. The van der Waals surface area contributed by atoms with Gasteiger partial charge < -0.3 is 4.74 Å². The van der Waals surface area contributed by atoms with Crippen LogP contribution in [0.2, 0.25) is 0 Å². The molecule has 1 heterocycles. The van der Waals surface area contributed by atoms with Gasteiger partial charge in [0.05, 0.1) is 6.04 Å². The van der Waals surface area contributed by atoms with E-state index in [1.54, 1.807) is 0 Å². The fourth-order valence-corrected chi connectivity index (χ4v) is 6.10. The van der Waals surface area contributed by atoms with Crippen molar-refractivity contribution in [1.82, 2.24) is 0 Å². The van der Waals surface area contributed by atoms with Gasteiger partial charge in [-0.2, -0.15) is 0 Å². The molecule has 4 rings (SSSR count). The van der Waals surface area contributed by atoms with E-state index in [9.17, 15) is 0 Å². The molecule has 0 saturated heterocycles. The number of ether oxygens (including phenoxy) is 1. The molecule has 3 aromatic carbocycles. The predicted molar refractivity (Wildman–Crippen MR) is 121 cm³/mol. The summed E-state index contributed by atoms with van der Waals surface area (Å²) < 4.78 is 6.08. The summed E-state index contributed by atoms with van der Waals surface area (Å²) in [4.78, 5) is 4.93. The highest BCUT2D eigenvalue weighted by Crippen LogP contribution is 2.34. The van der Waals surface area contributed by atoms with Gasteiger partial charge in [0.2, 0.25) is 5.90 Å². The normalized spacial score (nSPS) is 16.3. The van der Waals surface area contributed by atoms with Crippen molar-refractivity contribution in [2.45, 2.75) is 26.3 Å². The van der Waals surface area contributed by atoms with Crippen molar-refractivity contribution in [2.75, 3.05) is 6.61 Å². The topological polar surface area (TPSA) is 21.6 Å². The van der Waals surface area contributed by atoms with Crippen LogP contribution >= 0.6 is 7.92 Å². The monoisotopic (exact) mass is 387 g/mol. The molecule has 1 aliphatic heterocycles. The third-order valence-electron chi connectivity index (χ3n) is 4.86. The zero-order valence-electron chi connectivity index (χ0n) is 16.5. The van der Waals surface area contributed by atoms with Gasteiger partial charge in [0.15, 0.2) is 0 Å². The Balaban J connectivity index is 1.79. The molecule has 0 radical (unpaired) electrons. The third kappa shape index (κ3) is 4.18. The van der Waals surface area contributed by atoms with E-state index < -0.39 is 7.92 Å². The maximum absolute atomic E-state index is 6.08. The third-order valence-corrected chi connectivity index (χ3v) is 7.36. The molecule has 0 fully saturated rings. The Morgan fingerprint density at radius 3 is 2.04 bits per heavy atom. The molecule has 28 heavy (non-hydrogen) atoms. The lowest BCUT2D eigenvalue weighted by molar-refractivity contribution is 0.301. The Hall–Kier alpha value is -2.44. The smallest absolute Gasteiger partial charge is 0.217 e. The molecule has 0 aromatic heterocycles. The van der Waals surface area contributed by atoms with E-state index in [4.69, 9.17) is 9.73 Å². The zero-order chi connectivity index (χ0) is 19.3. The maximum atomic E-state index is 6.08. The average Bonchev–Trinajstić information content (AvgIpc) is 3.18. The molecule has 0 N–H and O–H groups in total. The number of nitrogens with zero attached hydrogens (tertiary/aromatic N) is 1. The highest BCUT2D eigenvalue weighted by Gasteiger charge is 2.26. The first-order valence-electron chi connectivity index (χ1n) is 9.92. The molecule has 0 saturated carbocycles. The summed E-state index contributed by atoms with van der Waals surface area (Å²) in [7, 11) is -0.675. The van der Waals surface area contributed by atoms with Crippen LogP contribution in [-0.4, -0.2) is 18.5 Å². The molecule has 1 aliphatic rings. The SMILES string of the molecule is CC(C)CC1COC(c2ccccc2P(c2ccccc2)c2ccccc2)=N1. The van der Waals surface area contributed by atoms with E-state index in [0.29, 0.717) is 12.5 Å². The first-order valence-corrected chi connectivity index (χ1v) is 11.3. The standard InChI is InChI=1S/C25H26NOP/c1-19(2)17-20-18-27-25(26-20)23-15-9-10-16-24(23)28(21-11-5-3-6-12-21)22-13-7-4-8-14-22/h3-16,19-20H,17-18H2,1-2H3. The Bertz CT molecular complexity index is 898. The van der Waals surface area contributed by atoms with E-state index in [1.807, 2.05) is 0 Å². The van der Waals surface area contributed by atoms with Crippen molar-refractivity contribution in [3.8, 4) is 0 Å². The van der Waals surface area contributed by atoms with Gasteiger partial charge in [-0.15, -0.1) is 0 Å². The van der Waals surface area contributed by atoms with E-state index in [1.165, 1.54) is 15.9 Å². The van der Waals surface area contributed by atoms with Crippen LogP contribution in [0, 0.1) is 5.92 Å². The van der Waals surface area contributed by atoms with Crippen molar-refractivity contribution in [3.63, 3.8) is 0 Å². The minimum absolute atomic E-state index is 0.266. The van der Waals surface area contributed by atoms with Crippen molar-refractivity contribution < 1.29 is 4.74 Å². The van der Waals surface area contributed by atoms with E-state index in [2.05, 4.69) is 98.8 Å². The second-order valence-corrected chi connectivity index (χ2v) is 9.74. The number of rotatable bonds is 6. The molecular formula is C25H26NOP. The van der Waals surface area contributed by atoms with Gasteiger partial charge in [0, 0.05) is 5.56 Å². The van der Waals surface area contributed by atoms with Gasteiger partial charge in [0.1, 0.15) is 6.61 Å². The Morgan fingerprint density at radius 1 is 0.857 bits per heavy atom. The van der Waals surface area contributed by atoms with Gasteiger partial charge in [-0.1, -0.05) is 92.7 Å². The molecule has 3 aromatic rings. The highest BCUT2D eigenvalue weighted by molar-refractivity contribution is 7.80. The lowest BCUT2D eigenvalue weighted by atomic mass is 10.1. The first kappa shape index (κ1) is 18.9. The number of hydrogen-bond donors (Lipinski definition) is 0. The first-order chi connectivity index (χ1) is 13.7. The van der Waals surface area contributed by atoms with Crippen molar-refractivity contribution in [1.29, 1.82) is 0 Å². The molecule has 0 amide bonds. The van der Waals surface area contributed by atoms with Crippen LogP contribution in [0.25, 0.3) is 0 Å². The minimum atomic E-state index is -0.675. The molecule has 0 spiro atoms. The highest BCUT2D eigenvalue weighted by atomic mass is 31.1. The number of benzene rings is 3. The Labute approximate surface area is 169 Å². The van der Waals surface area contributed by atoms with Crippen LogP contribution in [0.5, 0.6) is 0 Å². The summed E-state index contributed by atoms with van der Waals surface area (Å²) in [6.45, 7) is 5.17. The fourth-order valence-electron chi connectivity index (χ4n) is 3.66. The molecule has 142 valence electrons. The zero-order valence-corrected chi connectivity index (χ0v) is 17.3. The number of aliphatic imine (C=N–C) groups is 1. The van der Waals surface area contributed by atoms with Crippen LogP contribution in [-0.2, 0) is 4.74 Å². The van der Waals surface area contributed by atoms with Gasteiger partial charge in [-0.25, -0.2) is 4.99 Å². The summed E-state index contributed by atoms with van der Waals surface area (Å²) in [6.07, 6.45) is 1.07. The molecule has 1 atom stereocenters. The van der Waals surface area contributed by atoms with Crippen molar-refractivity contribution in [3.05, 3.63) is 90.5 Å². The van der Waals surface area contributed by atoms with Crippen LogP contribution in [0.4, 0.5) is 0 Å².